The topological polar surface area (TPSA) is 71.3 Å². The van der Waals surface area contributed by atoms with Crippen LogP contribution in [0.5, 0.6) is 0 Å². The van der Waals surface area contributed by atoms with Gasteiger partial charge in [0.15, 0.2) is 0 Å². The molecule has 3 aromatic rings. The Hall–Kier alpha value is -2.92. The van der Waals surface area contributed by atoms with E-state index in [2.05, 4.69) is 30.4 Å². The molecule has 1 saturated carbocycles. The lowest BCUT2D eigenvalue weighted by atomic mass is 9.97. The van der Waals surface area contributed by atoms with Crippen LogP contribution in [0.1, 0.15) is 53.3 Å². The molecule has 0 amide bonds. The van der Waals surface area contributed by atoms with Crippen LogP contribution in [0.25, 0.3) is 22.0 Å². The molecule has 0 spiro atoms. The number of pyridine rings is 1. The molecular formula is C22H20N2O3. The Balaban J connectivity index is 1.70. The van der Waals surface area contributed by atoms with Gasteiger partial charge in [0.05, 0.1) is 5.52 Å². The molecule has 2 heterocycles. The minimum absolute atomic E-state index is 0.153. The fraction of sp³-hybridized carbons (Fsp3) is 0.273. The minimum atomic E-state index is -1.17. The van der Waals surface area contributed by atoms with Gasteiger partial charge in [0.2, 0.25) is 5.43 Å². The summed E-state index contributed by atoms with van der Waals surface area (Å²) in [4.78, 5) is 24.1. The molecule has 1 aliphatic heterocycles. The SMILES string of the molecule is CC1NCc2cc(-c3ccc4c(=O)c(C(=O)O)cn(C5CC5)c4c3)ccc21. The van der Waals surface area contributed by atoms with Crippen LogP contribution in [0.2, 0.25) is 0 Å². The lowest BCUT2D eigenvalue weighted by Gasteiger charge is -2.13. The number of fused-ring (bicyclic) bond motifs is 2. The first kappa shape index (κ1) is 16.3. The highest BCUT2D eigenvalue weighted by Crippen LogP contribution is 2.38. The molecule has 2 N–H and O–H groups in total. The van der Waals surface area contributed by atoms with Crippen LogP contribution in [-0.4, -0.2) is 15.6 Å². The highest BCUT2D eigenvalue weighted by Gasteiger charge is 2.27. The lowest BCUT2D eigenvalue weighted by molar-refractivity contribution is 0.0695. The second-order valence-corrected chi connectivity index (χ2v) is 7.56. The van der Waals surface area contributed by atoms with Crippen LogP contribution in [0.4, 0.5) is 0 Å². The van der Waals surface area contributed by atoms with E-state index in [0.717, 1.165) is 36.0 Å². The van der Waals surface area contributed by atoms with Crippen molar-refractivity contribution in [3.63, 3.8) is 0 Å². The number of nitrogens with zero attached hydrogens (tertiary/aromatic N) is 1. The van der Waals surface area contributed by atoms with Crippen molar-refractivity contribution in [1.82, 2.24) is 9.88 Å². The number of benzene rings is 2. The molecule has 2 aliphatic rings. The number of nitrogens with one attached hydrogen (secondary N) is 1. The van der Waals surface area contributed by atoms with Crippen molar-refractivity contribution in [1.29, 1.82) is 0 Å². The fourth-order valence-electron chi connectivity index (χ4n) is 4.07. The maximum absolute atomic E-state index is 12.6. The number of aromatic carboxylic acids is 1. The first-order valence-electron chi connectivity index (χ1n) is 9.31. The average molecular weight is 360 g/mol. The van der Waals surface area contributed by atoms with Gasteiger partial charge in [-0.1, -0.05) is 18.2 Å². The molecule has 1 aliphatic carbocycles. The summed E-state index contributed by atoms with van der Waals surface area (Å²) < 4.78 is 1.97. The maximum Gasteiger partial charge on any atom is 0.341 e. The zero-order valence-electron chi connectivity index (χ0n) is 15.0. The molecule has 0 bridgehead atoms. The van der Waals surface area contributed by atoms with Crippen LogP contribution in [-0.2, 0) is 6.54 Å². The lowest BCUT2D eigenvalue weighted by Crippen LogP contribution is -2.18. The molecule has 136 valence electrons. The summed E-state index contributed by atoms with van der Waals surface area (Å²) in [5, 5.41) is 13.3. The van der Waals surface area contributed by atoms with E-state index >= 15 is 0 Å². The zero-order valence-corrected chi connectivity index (χ0v) is 15.0. The summed E-state index contributed by atoms with van der Waals surface area (Å²) in [6.45, 7) is 3.03. The molecule has 1 atom stereocenters. The van der Waals surface area contributed by atoms with E-state index in [4.69, 9.17) is 0 Å². The summed E-state index contributed by atoms with van der Waals surface area (Å²) in [6.07, 6.45) is 3.55. The number of aromatic nitrogens is 1. The normalized spacial score (nSPS) is 18.6. The van der Waals surface area contributed by atoms with Gasteiger partial charge in [0, 0.05) is 30.2 Å². The third-order valence-corrected chi connectivity index (χ3v) is 5.75. The van der Waals surface area contributed by atoms with E-state index in [1.54, 1.807) is 6.07 Å². The summed E-state index contributed by atoms with van der Waals surface area (Å²) in [6, 6.07) is 12.9. The predicted octanol–water partition coefficient (Wildman–Crippen LogP) is 3.87. The summed E-state index contributed by atoms with van der Waals surface area (Å²) >= 11 is 0. The Morgan fingerprint density at radius 3 is 2.63 bits per heavy atom. The fourth-order valence-corrected chi connectivity index (χ4v) is 4.07. The Morgan fingerprint density at radius 2 is 1.89 bits per heavy atom. The zero-order chi connectivity index (χ0) is 18.7. The van der Waals surface area contributed by atoms with Gasteiger partial charge in [-0.05, 0) is 60.2 Å². The van der Waals surface area contributed by atoms with Gasteiger partial charge in [-0.3, -0.25) is 4.79 Å². The molecule has 5 nitrogen and oxygen atoms in total. The first-order valence-corrected chi connectivity index (χ1v) is 9.31. The second-order valence-electron chi connectivity index (χ2n) is 7.56. The van der Waals surface area contributed by atoms with Gasteiger partial charge in [0.1, 0.15) is 5.56 Å². The molecule has 2 aromatic carbocycles. The van der Waals surface area contributed by atoms with Crippen molar-refractivity contribution in [2.45, 2.75) is 38.4 Å². The molecule has 5 heteroatoms. The van der Waals surface area contributed by atoms with Crippen LogP contribution in [0.15, 0.2) is 47.4 Å². The molecular weight excluding hydrogens is 340 g/mol. The van der Waals surface area contributed by atoms with Gasteiger partial charge in [-0.15, -0.1) is 0 Å². The molecule has 0 saturated heterocycles. The predicted molar refractivity (Wildman–Crippen MR) is 104 cm³/mol. The number of carboxylic acid groups (broad SMARTS) is 1. The Kier molecular flexibility index (Phi) is 3.49. The summed E-state index contributed by atoms with van der Waals surface area (Å²) in [5.74, 6) is -1.17. The van der Waals surface area contributed by atoms with E-state index in [-0.39, 0.29) is 11.6 Å². The maximum atomic E-state index is 12.6. The molecule has 27 heavy (non-hydrogen) atoms. The van der Waals surface area contributed by atoms with Crippen molar-refractivity contribution in [3.8, 4) is 11.1 Å². The highest BCUT2D eigenvalue weighted by molar-refractivity contribution is 5.94. The molecule has 1 aromatic heterocycles. The second kappa shape index (κ2) is 5.79. The third-order valence-electron chi connectivity index (χ3n) is 5.75. The van der Waals surface area contributed by atoms with Gasteiger partial charge in [0.25, 0.3) is 0 Å². The smallest absolute Gasteiger partial charge is 0.341 e. The molecule has 0 radical (unpaired) electrons. The summed E-state index contributed by atoms with van der Waals surface area (Å²) in [7, 11) is 0. The van der Waals surface area contributed by atoms with E-state index in [9.17, 15) is 14.7 Å². The monoisotopic (exact) mass is 360 g/mol. The highest BCUT2D eigenvalue weighted by atomic mass is 16.4. The van der Waals surface area contributed by atoms with Crippen molar-refractivity contribution >= 4 is 16.9 Å². The van der Waals surface area contributed by atoms with Gasteiger partial charge in [-0.25, -0.2) is 4.79 Å². The Morgan fingerprint density at radius 1 is 1.15 bits per heavy atom. The van der Waals surface area contributed by atoms with Crippen molar-refractivity contribution in [3.05, 3.63) is 69.5 Å². The van der Waals surface area contributed by atoms with Gasteiger partial charge >= 0.3 is 5.97 Å². The Bertz CT molecular complexity index is 1160. The van der Waals surface area contributed by atoms with E-state index in [1.165, 1.54) is 17.3 Å². The van der Waals surface area contributed by atoms with Crippen molar-refractivity contribution in [2.75, 3.05) is 0 Å². The van der Waals surface area contributed by atoms with Crippen molar-refractivity contribution < 1.29 is 9.90 Å². The van der Waals surface area contributed by atoms with Crippen LogP contribution >= 0.6 is 0 Å². The Labute approximate surface area is 156 Å². The largest absolute Gasteiger partial charge is 0.477 e. The minimum Gasteiger partial charge on any atom is -0.477 e. The van der Waals surface area contributed by atoms with E-state index in [0.29, 0.717) is 11.4 Å². The number of carboxylic acids is 1. The molecule has 5 rings (SSSR count). The van der Waals surface area contributed by atoms with E-state index < -0.39 is 11.4 Å². The summed E-state index contributed by atoms with van der Waals surface area (Å²) in [5.41, 5.74) is 5.05. The number of hydrogen-bond donors (Lipinski definition) is 2. The number of hydrogen-bond acceptors (Lipinski definition) is 3. The van der Waals surface area contributed by atoms with E-state index in [1.807, 2.05) is 16.7 Å². The molecule has 1 fully saturated rings. The van der Waals surface area contributed by atoms with Gasteiger partial charge < -0.3 is 15.0 Å². The quantitative estimate of drug-likeness (QED) is 0.744. The standard InChI is InChI=1S/C22H20N2O3/c1-12-17-6-2-13(8-15(17)10-23-12)14-3-7-18-20(9-14)24(16-4-5-16)11-19(21(18)25)22(26)27/h2-3,6-9,11-12,16,23H,4-5,10H2,1H3,(H,26,27). The average Bonchev–Trinajstić information content (AvgIpc) is 3.44. The van der Waals surface area contributed by atoms with Crippen LogP contribution < -0.4 is 10.7 Å². The number of rotatable bonds is 3. The number of carbonyl (C=O) groups is 1. The van der Waals surface area contributed by atoms with Gasteiger partial charge in [-0.2, -0.15) is 0 Å². The third kappa shape index (κ3) is 2.58. The van der Waals surface area contributed by atoms with Crippen molar-refractivity contribution in [2.24, 2.45) is 0 Å². The first-order chi connectivity index (χ1) is 13.0. The molecule has 1 unspecified atom stereocenters. The van der Waals surface area contributed by atoms with Crippen LogP contribution in [0, 0.1) is 0 Å². The van der Waals surface area contributed by atoms with Crippen LogP contribution in [0.3, 0.4) is 0 Å².